The Hall–Kier alpha value is -1.33. The number of amides is 1. The van der Waals surface area contributed by atoms with Gasteiger partial charge in [-0.3, -0.25) is 4.79 Å². The first-order valence-electron chi connectivity index (χ1n) is 6.23. The monoisotopic (exact) mass is 286 g/mol. The Labute approximate surface area is 116 Å². The highest BCUT2D eigenvalue weighted by molar-refractivity contribution is 6.30. The molecule has 1 N–H and O–H groups in total. The maximum Gasteiger partial charge on any atom is 0.260 e. The van der Waals surface area contributed by atoms with Gasteiger partial charge in [0, 0.05) is 25.7 Å². The van der Waals surface area contributed by atoms with E-state index in [-0.39, 0.29) is 17.5 Å². The van der Waals surface area contributed by atoms with Crippen LogP contribution < -0.4 is 10.1 Å². The van der Waals surface area contributed by atoms with Gasteiger partial charge in [0.05, 0.1) is 5.02 Å². The van der Waals surface area contributed by atoms with Crippen LogP contribution in [0.3, 0.4) is 0 Å². The molecule has 0 spiro atoms. The van der Waals surface area contributed by atoms with E-state index in [0.717, 1.165) is 26.1 Å². The number of halogens is 2. The summed E-state index contributed by atoms with van der Waals surface area (Å²) in [7, 11) is 0. The lowest BCUT2D eigenvalue weighted by Crippen LogP contribution is -2.37. The van der Waals surface area contributed by atoms with Crippen LogP contribution in [0.1, 0.15) is 6.42 Å². The SMILES string of the molecule is O=C(COc1ccc(Cl)c(F)c1)N1CCCNCC1. The molecule has 1 aliphatic heterocycles. The largest absolute Gasteiger partial charge is 0.484 e. The van der Waals surface area contributed by atoms with Gasteiger partial charge in [-0.1, -0.05) is 11.6 Å². The van der Waals surface area contributed by atoms with Crippen molar-refractivity contribution in [1.82, 2.24) is 10.2 Å². The van der Waals surface area contributed by atoms with Gasteiger partial charge in [-0.2, -0.15) is 0 Å². The average Bonchev–Trinajstić information content (AvgIpc) is 2.69. The van der Waals surface area contributed by atoms with Gasteiger partial charge in [0.2, 0.25) is 0 Å². The van der Waals surface area contributed by atoms with Gasteiger partial charge in [-0.05, 0) is 25.1 Å². The molecule has 1 amide bonds. The zero-order valence-electron chi connectivity index (χ0n) is 10.5. The standard InChI is InChI=1S/C13H16ClFN2O2/c14-11-3-2-10(8-12(11)15)19-9-13(18)17-6-1-4-16-5-7-17/h2-3,8,16H,1,4-7,9H2. The summed E-state index contributed by atoms with van der Waals surface area (Å²) in [6.07, 6.45) is 0.932. The molecule has 0 saturated carbocycles. The zero-order chi connectivity index (χ0) is 13.7. The van der Waals surface area contributed by atoms with Crippen molar-refractivity contribution in [2.75, 3.05) is 32.8 Å². The Bertz CT molecular complexity index is 448. The van der Waals surface area contributed by atoms with E-state index < -0.39 is 5.82 Å². The van der Waals surface area contributed by atoms with Crippen molar-refractivity contribution in [2.24, 2.45) is 0 Å². The highest BCUT2D eigenvalue weighted by atomic mass is 35.5. The van der Waals surface area contributed by atoms with Crippen molar-refractivity contribution in [3.8, 4) is 5.75 Å². The molecule has 0 bridgehead atoms. The van der Waals surface area contributed by atoms with Gasteiger partial charge in [-0.15, -0.1) is 0 Å². The molecule has 4 nitrogen and oxygen atoms in total. The van der Waals surface area contributed by atoms with E-state index in [9.17, 15) is 9.18 Å². The van der Waals surface area contributed by atoms with Crippen LogP contribution in [0.25, 0.3) is 0 Å². The molecular formula is C13H16ClFN2O2. The zero-order valence-corrected chi connectivity index (χ0v) is 11.3. The van der Waals surface area contributed by atoms with E-state index >= 15 is 0 Å². The highest BCUT2D eigenvalue weighted by Crippen LogP contribution is 2.20. The number of ether oxygens (including phenoxy) is 1. The summed E-state index contributed by atoms with van der Waals surface area (Å²) in [5.41, 5.74) is 0. The molecule has 1 heterocycles. The predicted molar refractivity (Wildman–Crippen MR) is 71.0 cm³/mol. The fourth-order valence-electron chi connectivity index (χ4n) is 1.90. The fourth-order valence-corrected chi connectivity index (χ4v) is 2.02. The van der Waals surface area contributed by atoms with Crippen molar-refractivity contribution in [1.29, 1.82) is 0 Å². The third-order valence-corrected chi connectivity index (χ3v) is 3.25. The van der Waals surface area contributed by atoms with E-state index in [2.05, 4.69) is 5.32 Å². The van der Waals surface area contributed by atoms with Gasteiger partial charge >= 0.3 is 0 Å². The van der Waals surface area contributed by atoms with E-state index in [1.54, 1.807) is 11.0 Å². The molecule has 0 atom stereocenters. The molecule has 1 saturated heterocycles. The van der Waals surface area contributed by atoms with Crippen molar-refractivity contribution >= 4 is 17.5 Å². The molecule has 104 valence electrons. The van der Waals surface area contributed by atoms with Crippen LogP contribution in [0, 0.1) is 5.82 Å². The van der Waals surface area contributed by atoms with E-state index in [0.29, 0.717) is 12.3 Å². The van der Waals surface area contributed by atoms with Crippen LogP contribution in [0.5, 0.6) is 5.75 Å². The maximum absolute atomic E-state index is 13.2. The first kappa shape index (κ1) is 14.1. The molecule has 0 unspecified atom stereocenters. The quantitative estimate of drug-likeness (QED) is 0.919. The van der Waals surface area contributed by atoms with Gasteiger partial charge in [0.15, 0.2) is 6.61 Å². The van der Waals surface area contributed by atoms with Gasteiger partial charge in [-0.25, -0.2) is 4.39 Å². The van der Waals surface area contributed by atoms with Crippen LogP contribution in [0.2, 0.25) is 5.02 Å². The summed E-state index contributed by atoms with van der Waals surface area (Å²) in [5, 5.41) is 3.26. The van der Waals surface area contributed by atoms with Crippen LogP contribution in [0.4, 0.5) is 4.39 Å². The van der Waals surface area contributed by atoms with E-state index in [1.165, 1.54) is 12.1 Å². The molecule has 1 aromatic carbocycles. The molecule has 2 rings (SSSR count). The fraction of sp³-hybridized carbons (Fsp3) is 0.462. The number of nitrogens with zero attached hydrogens (tertiary/aromatic N) is 1. The lowest BCUT2D eigenvalue weighted by atomic mass is 10.3. The van der Waals surface area contributed by atoms with Gasteiger partial charge in [0.1, 0.15) is 11.6 Å². The summed E-state index contributed by atoms with van der Waals surface area (Å²) in [6.45, 7) is 3.04. The van der Waals surface area contributed by atoms with Crippen molar-refractivity contribution < 1.29 is 13.9 Å². The Balaban J connectivity index is 1.86. The number of rotatable bonds is 3. The molecule has 6 heteroatoms. The second kappa shape index (κ2) is 6.73. The molecular weight excluding hydrogens is 271 g/mol. The lowest BCUT2D eigenvalue weighted by Gasteiger charge is -2.20. The van der Waals surface area contributed by atoms with Crippen LogP contribution in [-0.4, -0.2) is 43.6 Å². The minimum atomic E-state index is -0.550. The second-order valence-corrected chi connectivity index (χ2v) is 4.76. The second-order valence-electron chi connectivity index (χ2n) is 4.35. The number of hydrogen-bond donors (Lipinski definition) is 1. The van der Waals surface area contributed by atoms with Crippen molar-refractivity contribution in [3.63, 3.8) is 0 Å². The number of carbonyl (C=O) groups is 1. The average molecular weight is 287 g/mol. The smallest absolute Gasteiger partial charge is 0.260 e. The summed E-state index contributed by atoms with van der Waals surface area (Å²) in [6, 6.07) is 4.13. The van der Waals surface area contributed by atoms with Gasteiger partial charge in [0.25, 0.3) is 5.91 Å². The van der Waals surface area contributed by atoms with Gasteiger partial charge < -0.3 is 15.0 Å². The first-order valence-corrected chi connectivity index (χ1v) is 6.61. The van der Waals surface area contributed by atoms with Crippen molar-refractivity contribution in [3.05, 3.63) is 29.0 Å². The third kappa shape index (κ3) is 4.08. The molecule has 1 aromatic rings. The minimum absolute atomic E-state index is 0.0391. The van der Waals surface area contributed by atoms with Crippen LogP contribution in [-0.2, 0) is 4.79 Å². The van der Waals surface area contributed by atoms with E-state index in [4.69, 9.17) is 16.3 Å². The van der Waals surface area contributed by atoms with E-state index in [1.807, 2.05) is 0 Å². The predicted octanol–water partition coefficient (Wildman–Crippen LogP) is 1.68. The number of nitrogens with one attached hydrogen (secondary N) is 1. The van der Waals surface area contributed by atoms with Crippen LogP contribution >= 0.6 is 11.6 Å². The molecule has 19 heavy (non-hydrogen) atoms. The molecule has 0 radical (unpaired) electrons. The molecule has 1 fully saturated rings. The van der Waals surface area contributed by atoms with Crippen LogP contribution in [0.15, 0.2) is 18.2 Å². The first-order chi connectivity index (χ1) is 9.16. The number of hydrogen-bond acceptors (Lipinski definition) is 3. The lowest BCUT2D eigenvalue weighted by molar-refractivity contribution is -0.133. The molecule has 0 aliphatic carbocycles. The summed E-state index contributed by atoms with van der Waals surface area (Å²) in [4.78, 5) is 13.7. The molecule has 1 aliphatic rings. The Morgan fingerprint density at radius 2 is 2.26 bits per heavy atom. The summed E-state index contributed by atoms with van der Waals surface area (Å²) in [5.74, 6) is -0.326. The third-order valence-electron chi connectivity index (χ3n) is 2.95. The number of carbonyl (C=O) groups excluding carboxylic acids is 1. The normalized spacial score (nSPS) is 16.0. The molecule has 0 aromatic heterocycles. The highest BCUT2D eigenvalue weighted by Gasteiger charge is 2.15. The summed E-state index contributed by atoms with van der Waals surface area (Å²) < 4.78 is 18.5. The number of benzene rings is 1. The van der Waals surface area contributed by atoms with Crippen molar-refractivity contribution in [2.45, 2.75) is 6.42 Å². The maximum atomic E-state index is 13.2. The Morgan fingerprint density at radius 3 is 3.05 bits per heavy atom. The Kier molecular flexibility index (Phi) is 4.99. The minimum Gasteiger partial charge on any atom is -0.484 e. The Morgan fingerprint density at radius 1 is 1.42 bits per heavy atom. The topological polar surface area (TPSA) is 41.6 Å². The summed E-state index contributed by atoms with van der Waals surface area (Å²) >= 11 is 5.57.